The number of aryl methyl sites for hydroxylation is 2. The van der Waals surface area contributed by atoms with E-state index in [9.17, 15) is 0 Å². The van der Waals surface area contributed by atoms with E-state index in [2.05, 4.69) is 21.5 Å². The summed E-state index contributed by atoms with van der Waals surface area (Å²) < 4.78 is 2.16. The van der Waals surface area contributed by atoms with Crippen LogP contribution in [0.25, 0.3) is 11.0 Å². The Labute approximate surface area is 84.8 Å². The molecule has 0 spiro atoms. The molecule has 0 saturated carbocycles. The number of pyridine rings is 1. The Balaban J connectivity index is 0.000000461. The predicted molar refractivity (Wildman–Crippen MR) is 59.3 cm³/mol. The minimum atomic E-state index is 0.952. The number of rotatable bonds is 1. The lowest BCUT2D eigenvalue weighted by Crippen LogP contribution is -1.96. The molecule has 0 atom stereocenters. The van der Waals surface area contributed by atoms with Crippen LogP contribution < -0.4 is 0 Å². The average Bonchev–Trinajstić information content (AvgIpc) is 2.56. The van der Waals surface area contributed by atoms with Gasteiger partial charge in [-0.1, -0.05) is 13.8 Å². The first-order chi connectivity index (χ1) is 6.83. The lowest BCUT2D eigenvalue weighted by Gasteiger charge is -1.99. The summed E-state index contributed by atoms with van der Waals surface area (Å²) in [5.74, 6) is 1.06. The highest BCUT2D eigenvalue weighted by Crippen LogP contribution is 2.13. The van der Waals surface area contributed by atoms with E-state index in [1.807, 2.05) is 33.0 Å². The van der Waals surface area contributed by atoms with Gasteiger partial charge >= 0.3 is 0 Å². The molecule has 76 valence electrons. The van der Waals surface area contributed by atoms with E-state index in [1.54, 1.807) is 6.20 Å². The van der Waals surface area contributed by atoms with Crippen LogP contribution in [0, 0.1) is 6.92 Å². The Morgan fingerprint density at radius 2 is 2.07 bits per heavy atom. The monoisotopic (exact) mass is 191 g/mol. The van der Waals surface area contributed by atoms with E-state index in [0.717, 1.165) is 23.4 Å². The van der Waals surface area contributed by atoms with Gasteiger partial charge in [0.2, 0.25) is 0 Å². The highest BCUT2D eigenvalue weighted by atomic mass is 15.1. The molecule has 0 amide bonds. The molecule has 0 aliphatic carbocycles. The standard InChI is InChI=1S/C9H11N3.C2H6/c1-3-12-7(2)11-8-4-5-10-6-9(8)12;1-2/h4-6H,3H2,1-2H3;1-2H3. The molecule has 2 rings (SSSR count). The minimum Gasteiger partial charge on any atom is -0.327 e. The van der Waals surface area contributed by atoms with Crippen molar-refractivity contribution in [3.05, 3.63) is 24.3 Å². The van der Waals surface area contributed by atoms with E-state index < -0.39 is 0 Å². The highest BCUT2D eigenvalue weighted by Gasteiger charge is 2.03. The zero-order valence-electron chi connectivity index (χ0n) is 9.28. The number of aromatic nitrogens is 3. The summed E-state index contributed by atoms with van der Waals surface area (Å²) in [6.07, 6.45) is 3.63. The maximum atomic E-state index is 4.41. The first-order valence-electron chi connectivity index (χ1n) is 5.09. The summed E-state index contributed by atoms with van der Waals surface area (Å²) >= 11 is 0. The zero-order chi connectivity index (χ0) is 10.6. The van der Waals surface area contributed by atoms with E-state index in [-0.39, 0.29) is 0 Å². The third kappa shape index (κ3) is 1.76. The summed E-state index contributed by atoms with van der Waals surface area (Å²) in [6, 6.07) is 1.94. The van der Waals surface area contributed by atoms with E-state index in [1.165, 1.54) is 0 Å². The molecule has 3 nitrogen and oxygen atoms in total. The molecule has 0 N–H and O–H groups in total. The van der Waals surface area contributed by atoms with Gasteiger partial charge in [-0.25, -0.2) is 4.98 Å². The molecule has 3 heteroatoms. The summed E-state index contributed by atoms with van der Waals surface area (Å²) in [5.41, 5.74) is 2.15. The van der Waals surface area contributed by atoms with Gasteiger partial charge in [0.1, 0.15) is 5.82 Å². The van der Waals surface area contributed by atoms with Crippen LogP contribution in [0.15, 0.2) is 18.5 Å². The minimum absolute atomic E-state index is 0.952. The zero-order valence-corrected chi connectivity index (χ0v) is 9.28. The van der Waals surface area contributed by atoms with Gasteiger partial charge in [-0.15, -0.1) is 0 Å². The van der Waals surface area contributed by atoms with Crippen molar-refractivity contribution in [2.24, 2.45) is 0 Å². The van der Waals surface area contributed by atoms with Crippen LogP contribution in [0.1, 0.15) is 26.6 Å². The van der Waals surface area contributed by atoms with Gasteiger partial charge in [0.25, 0.3) is 0 Å². The summed E-state index contributed by atoms with van der Waals surface area (Å²) in [6.45, 7) is 9.08. The van der Waals surface area contributed by atoms with Gasteiger partial charge in [-0.2, -0.15) is 0 Å². The van der Waals surface area contributed by atoms with Crippen molar-refractivity contribution in [2.75, 3.05) is 0 Å². The molecule has 2 aromatic heterocycles. The molecule has 0 saturated heterocycles. The van der Waals surface area contributed by atoms with Crippen molar-refractivity contribution < 1.29 is 0 Å². The summed E-state index contributed by atoms with van der Waals surface area (Å²) in [5, 5.41) is 0. The van der Waals surface area contributed by atoms with Gasteiger partial charge in [0, 0.05) is 12.7 Å². The predicted octanol–water partition coefficient (Wildman–Crippen LogP) is 2.79. The maximum absolute atomic E-state index is 4.41. The van der Waals surface area contributed by atoms with Crippen LogP contribution in [-0.4, -0.2) is 14.5 Å². The Morgan fingerprint density at radius 1 is 1.36 bits per heavy atom. The second-order valence-electron chi connectivity index (χ2n) is 2.77. The van der Waals surface area contributed by atoms with E-state index >= 15 is 0 Å². The SMILES string of the molecule is CC.CCn1c(C)nc2ccncc21. The molecular weight excluding hydrogens is 174 g/mol. The van der Waals surface area contributed by atoms with Crippen molar-refractivity contribution in [3.8, 4) is 0 Å². The second kappa shape index (κ2) is 4.74. The third-order valence-electron chi connectivity index (χ3n) is 2.06. The summed E-state index contributed by atoms with van der Waals surface area (Å²) in [7, 11) is 0. The number of nitrogens with zero attached hydrogens (tertiary/aromatic N) is 3. The molecule has 14 heavy (non-hydrogen) atoms. The first-order valence-corrected chi connectivity index (χ1v) is 5.09. The van der Waals surface area contributed by atoms with Crippen LogP contribution in [0.3, 0.4) is 0 Å². The molecule has 2 aromatic rings. The Bertz CT molecular complexity index is 404. The van der Waals surface area contributed by atoms with Crippen molar-refractivity contribution in [3.63, 3.8) is 0 Å². The van der Waals surface area contributed by atoms with Gasteiger partial charge in [-0.05, 0) is 19.9 Å². The van der Waals surface area contributed by atoms with Crippen LogP contribution in [0.2, 0.25) is 0 Å². The fourth-order valence-corrected chi connectivity index (χ4v) is 1.49. The van der Waals surface area contributed by atoms with Crippen molar-refractivity contribution in [1.29, 1.82) is 0 Å². The topological polar surface area (TPSA) is 30.7 Å². The maximum Gasteiger partial charge on any atom is 0.106 e. The molecule has 0 radical (unpaired) electrons. The van der Waals surface area contributed by atoms with Gasteiger partial charge in [0.15, 0.2) is 0 Å². The second-order valence-corrected chi connectivity index (χ2v) is 2.77. The van der Waals surface area contributed by atoms with Crippen LogP contribution in [0.4, 0.5) is 0 Å². The molecule has 0 unspecified atom stereocenters. The first kappa shape index (κ1) is 10.7. The number of fused-ring (bicyclic) bond motifs is 1. The van der Waals surface area contributed by atoms with Crippen molar-refractivity contribution in [2.45, 2.75) is 34.2 Å². The quantitative estimate of drug-likeness (QED) is 0.694. The van der Waals surface area contributed by atoms with Gasteiger partial charge in [0.05, 0.1) is 17.2 Å². The molecule has 0 aliphatic heterocycles. The van der Waals surface area contributed by atoms with Gasteiger partial charge in [-0.3, -0.25) is 4.98 Å². The molecular formula is C11H17N3. The molecule has 0 fully saturated rings. The fraction of sp³-hybridized carbons (Fsp3) is 0.455. The lowest BCUT2D eigenvalue weighted by molar-refractivity contribution is 0.752. The Hall–Kier alpha value is -1.38. The lowest BCUT2D eigenvalue weighted by atomic mass is 10.4. The van der Waals surface area contributed by atoms with Crippen molar-refractivity contribution in [1.82, 2.24) is 14.5 Å². The fourth-order valence-electron chi connectivity index (χ4n) is 1.49. The molecule has 2 heterocycles. The van der Waals surface area contributed by atoms with E-state index in [4.69, 9.17) is 0 Å². The normalized spacial score (nSPS) is 9.71. The molecule has 0 aromatic carbocycles. The van der Waals surface area contributed by atoms with E-state index in [0.29, 0.717) is 0 Å². The molecule has 0 bridgehead atoms. The van der Waals surface area contributed by atoms with Crippen LogP contribution in [0.5, 0.6) is 0 Å². The summed E-state index contributed by atoms with van der Waals surface area (Å²) in [4.78, 5) is 8.48. The smallest absolute Gasteiger partial charge is 0.106 e. The van der Waals surface area contributed by atoms with Crippen LogP contribution in [-0.2, 0) is 6.54 Å². The highest BCUT2D eigenvalue weighted by molar-refractivity contribution is 5.74. The van der Waals surface area contributed by atoms with Gasteiger partial charge < -0.3 is 4.57 Å². The third-order valence-corrected chi connectivity index (χ3v) is 2.06. The average molecular weight is 191 g/mol. The number of hydrogen-bond donors (Lipinski definition) is 0. The van der Waals surface area contributed by atoms with Crippen molar-refractivity contribution >= 4 is 11.0 Å². The van der Waals surface area contributed by atoms with Crippen LogP contribution >= 0.6 is 0 Å². The number of imidazole rings is 1. The molecule has 0 aliphatic rings. The Morgan fingerprint density at radius 3 is 2.71 bits per heavy atom. The Kier molecular flexibility index (Phi) is 3.63. The largest absolute Gasteiger partial charge is 0.327 e. The number of hydrogen-bond acceptors (Lipinski definition) is 2.